The lowest BCUT2D eigenvalue weighted by Crippen LogP contribution is -2.44. The number of aromatic nitrogens is 1. The maximum atomic E-state index is 14.5. The number of benzene rings is 2. The first-order valence-corrected chi connectivity index (χ1v) is 10.8. The fraction of sp³-hybridized carbons (Fsp3) is 0.375. The van der Waals surface area contributed by atoms with Gasteiger partial charge in [-0.05, 0) is 62.5 Å². The summed E-state index contributed by atoms with van der Waals surface area (Å²) in [6.45, 7) is 3.93. The van der Waals surface area contributed by atoms with Gasteiger partial charge in [0.1, 0.15) is 29.8 Å². The lowest BCUT2D eigenvalue weighted by molar-refractivity contribution is 0.0975. The van der Waals surface area contributed by atoms with Gasteiger partial charge >= 0.3 is 0 Å². The molecule has 3 aromatic rings. The molecule has 2 heterocycles. The Balaban J connectivity index is 0.00000306. The topological polar surface area (TPSA) is 71.3 Å². The number of carbonyl (C=O) groups is 1. The van der Waals surface area contributed by atoms with E-state index in [4.69, 9.17) is 10.5 Å². The first kappa shape index (κ1) is 24.9. The van der Waals surface area contributed by atoms with Gasteiger partial charge in [-0.1, -0.05) is 6.92 Å². The Kier molecular flexibility index (Phi) is 7.92. The third kappa shape index (κ3) is 5.12. The van der Waals surface area contributed by atoms with Gasteiger partial charge in [0.15, 0.2) is 0 Å². The minimum Gasteiger partial charge on any atom is -0.491 e. The standard InChI is InChI=1S/C24H26F3N3O2.ClH/c1-2-7-30(8-3-4-14-12-29-22-18(14)9-15(25)10-21(22)27)16-11-19-20(26)6-5-17(24(28)31)23(19)32-13-16;/h5-6,9-10,12,16,29H,2-4,7-8,11,13H2,1H3,(H2,28,31);1H. The highest BCUT2D eigenvalue weighted by atomic mass is 35.5. The van der Waals surface area contributed by atoms with Crippen molar-refractivity contribution in [3.8, 4) is 5.75 Å². The van der Waals surface area contributed by atoms with Crippen molar-refractivity contribution < 1.29 is 22.7 Å². The van der Waals surface area contributed by atoms with Crippen LogP contribution in [0.4, 0.5) is 13.2 Å². The molecule has 0 saturated heterocycles. The molecule has 1 aliphatic heterocycles. The van der Waals surface area contributed by atoms with E-state index in [0.717, 1.165) is 37.6 Å². The lowest BCUT2D eigenvalue weighted by atomic mass is 9.97. The monoisotopic (exact) mass is 481 g/mol. The summed E-state index contributed by atoms with van der Waals surface area (Å²) in [6, 6.07) is 4.78. The molecule has 1 unspecified atom stereocenters. The van der Waals surface area contributed by atoms with Crippen LogP contribution < -0.4 is 10.5 Å². The minimum absolute atomic E-state index is 0. The zero-order valence-corrected chi connectivity index (χ0v) is 19.1. The zero-order valence-electron chi connectivity index (χ0n) is 18.3. The van der Waals surface area contributed by atoms with E-state index in [1.165, 1.54) is 18.2 Å². The highest BCUT2D eigenvalue weighted by Crippen LogP contribution is 2.33. The Labute approximate surface area is 196 Å². The molecule has 2 aromatic carbocycles. The molecular formula is C24H27ClF3N3O2. The number of nitrogens with zero attached hydrogens (tertiary/aromatic N) is 1. The summed E-state index contributed by atoms with van der Waals surface area (Å²) >= 11 is 0. The van der Waals surface area contributed by atoms with Crippen molar-refractivity contribution in [2.75, 3.05) is 19.7 Å². The number of carbonyl (C=O) groups excluding carboxylic acids is 1. The molecule has 178 valence electrons. The number of nitrogens with one attached hydrogen (secondary N) is 1. The van der Waals surface area contributed by atoms with E-state index in [0.29, 0.717) is 35.9 Å². The maximum absolute atomic E-state index is 14.5. The van der Waals surface area contributed by atoms with E-state index in [1.54, 1.807) is 6.20 Å². The summed E-state index contributed by atoms with van der Waals surface area (Å²) in [5.41, 5.74) is 7.14. The molecule has 0 aliphatic carbocycles. The van der Waals surface area contributed by atoms with Crippen LogP contribution in [-0.4, -0.2) is 41.5 Å². The summed E-state index contributed by atoms with van der Waals surface area (Å²) < 4.78 is 47.9. The third-order valence-electron chi connectivity index (χ3n) is 6.04. The van der Waals surface area contributed by atoms with E-state index in [1.807, 2.05) is 0 Å². The first-order chi connectivity index (χ1) is 15.4. The van der Waals surface area contributed by atoms with Crippen LogP contribution in [-0.2, 0) is 12.8 Å². The fourth-order valence-corrected chi connectivity index (χ4v) is 4.52. The van der Waals surface area contributed by atoms with Crippen molar-refractivity contribution >= 4 is 29.2 Å². The number of H-pyrrole nitrogens is 1. The predicted molar refractivity (Wildman–Crippen MR) is 124 cm³/mol. The van der Waals surface area contributed by atoms with Gasteiger partial charge in [-0.25, -0.2) is 13.2 Å². The highest BCUT2D eigenvalue weighted by molar-refractivity contribution is 5.96. The first-order valence-electron chi connectivity index (χ1n) is 10.8. The van der Waals surface area contributed by atoms with Gasteiger partial charge in [0.2, 0.25) is 0 Å². The van der Waals surface area contributed by atoms with E-state index >= 15 is 0 Å². The fourth-order valence-electron chi connectivity index (χ4n) is 4.52. The SMILES string of the molecule is CCCN(CCCc1c[nH]c2c(F)cc(F)cc12)C1COc2c(C(N)=O)ccc(F)c2C1.Cl. The van der Waals surface area contributed by atoms with Crippen LogP contribution in [0.5, 0.6) is 5.75 Å². The van der Waals surface area contributed by atoms with Crippen molar-refractivity contribution in [2.45, 2.75) is 38.6 Å². The summed E-state index contributed by atoms with van der Waals surface area (Å²) in [7, 11) is 0. The van der Waals surface area contributed by atoms with Crippen LogP contribution >= 0.6 is 12.4 Å². The normalized spacial score (nSPS) is 15.2. The van der Waals surface area contributed by atoms with Crippen LogP contribution in [0.15, 0.2) is 30.5 Å². The Hall–Kier alpha value is -2.71. The summed E-state index contributed by atoms with van der Waals surface area (Å²) in [5.74, 6) is -2.01. The minimum atomic E-state index is -0.642. The van der Waals surface area contributed by atoms with Crippen molar-refractivity contribution in [3.63, 3.8) is 0 Å². The second-order valence-corrected chi connectivity index (χ2v) is 8.20. The smallest absolute Gasteiger partial charge is 0.252 e. The Morgan fingerprint density at radius 2 is 2.00 bits per heavy atom. The molecule has 33 heavy (non-hydrogen) atoms. The molecule has 0 fully saturated rings. The third-order valence-corrected chi connectivity index (χ3v) is 6.04. The van der Waals surface area contributed by atoms with Crippen molar-refractivity contribution in [2.24, 2.45) is 5.73 Å². The average molecular weight is 482 g/mol. The number of halogens is 4. The van der Waals surface area contributed by atoms with Crippen LogP contribution in [0.3, 0.4) is 0 Å². The quantitative estimate of drug-likeness (QED) is 0.487. The number of rotatable bonds is 8. The molecule has 4 rings (SSSR count). The molecular weight excluding hydrogens is 455 g/mol. The molecule has 0 radical (unpaired) electrons. The van der Waals surface area contributed by atoms with Crippen LogP contribution in [0, 0.1) is 17.5 Å². The molecule has 5 nitrogen and oxygen atoms in total. The average Bonchev–Trinajstić information content (AvgIpc) is 3.16. The van der Waals surface area contributed by atoms with Gasteiger partial charge in [0.05, 0.1) is 11.1 Å². The van der Waals surface area contributed by atoms with Gasteiger partial charge in [0.25, 0.3) is 5.91 Å². The number of aromatic amines is 1. The van der Waals surface area contributed by atoms with E-state index in [2.05, 4.69) is 16.8 Å². The largest absolute Gasteiger partial charge is 0.491 e. The summed E-state index contributed by atoms with van der Waals surface area (Å²) in [4.78, 5) is 16.8. The second-order valence-electron chi connectivity index (χ2n) is 8.20. The number of fused-ring (bicyclic) bond motifs is 2. The Bertz CT molecular complexity index is 1150. The number of amides is 1. The van der Waals surface area contributed by atoms with Gasteiger partial charge in [0, 0.05) is 29.3 Å². The number of hydrogen-bond donors (Lipinski definition) is 2. The number of nitrogens with two attached hydrogens (primary N) is 1. The van der Waals surface area contributed by atoms with Gasteiger partial charge < -0.3 is 15.5 Å². The van der Waals surface area contributed by atoms with Crippen molar-refractivity contribution in [3.05, 3.63) is 64.6 Å². The van der Waals surface area contributed by atoms with Gasteiger partial charge in [-0.2, -0.15) is 0 Å². The number of ether oxygens (including phenoxy) is 1. The van der Waals surface area contributed by atoms with E-state index in [9.17, 15) is 18.0 Å². The van der Waals surface area contributed by atoms with Crippen molar-refractivity contribution in [1.82, 2.24) is 9.88 Å². The molecule has 1 atom stereocenters. The lowest BCUT2D eigenvalue weighted by Gasteiger charge is -2.35. The Morgan fingerprint density at radius 1 is 1.21 bits per heavy atom. The number of aryl methyl sites for hydroxylation is 1. The highest BCUT2D eigenvalue weighted by Gasteiger charge is 2.30. The molecule has 1 aliphatic rings. The number of primary amides is 1. The molecule has 3 N–H and O–H groups in total. The van der Waals surface area contributed by atoms with Gasteiger partial charge in [-0.15, -0.1) is 12.4 Å². The van der Waals surface area contributed by atoms with Crippen LogP contribution in [0.2, 0.25) is 0 Å². The zero-order chi connectivity index (χ0) is 22.8. The van der Waals surface area contributed by atoms with Crippen molar-refractivity contribution in [1.29, 1.82) is 0 Å². The van der Waals surface area contributed by atoms with E-state index in [-0.39, 0.29) is 29.8 Å². The molecule has 0 spiro atoms. The van der Waals surface area contributed by atoms with Crippen LogP contribution in [0.25, 0.3) is 10.9 Å². The maximum Gasteiger partial charge on any atom is 0.252 e. The molecule has 1 amide bonds. The number of hydrogen-bond acceptors (Lipinski definition) is 3. The summed E-state index contributed by atoms with van der Waals surface area (Å²) in [5, 5.41) is 0.556. The predicted octanol–water partition coefficient (Wildman–Crippen LogP) is 4.75. The second kappa shape index (κ2) is 10.5. The van der Waals surface area contributed by atoms with Crippen LogP contribution in [0.1, 0.15) is 41.3 Å². The molecule has 9 heteroatoms. The summed E-state index contributed by atoms with van der Waals surface area (Å²) in [6.07, 6.45) is 4.46. The molecule has 0 saturated carbocycles. The molecule has 0 bridgehead atoms. The Morgan fingerprint density at radius 3 is 2.73 bits per heavy atom. The van der Waals surface area contributed by atoms with Gasteiger partial charge in [-0.3, -0.25) is 9.69 Å². The molecule has 1 aromatic heterocycles. The van der Waals surface area contributed by atoms with E-state index < -0.39 is 23.4 Å².